The highest BCUT2D eigenvalue weighted by Gasteiger charge is 2.04. The van der Waals surface area contributed by atoms with E-state index < -0.39 is 0 Å². The van der Waals surface area contributed by atoms with Gasteiger partial charge in [0.25, 0.3) is 0 Å². The molecule has 15 heavy (non-hydrogen) atoms. The second-order valence-corrected chi connectivity index (χ2v) is 3.36. The van der Waals surface area contributed by atoms with Gasteiger partial charge >= 0.3 is 0 Å². The quantitative estimate of drug-likeness (QED) is 0.693. The lowest BCUT2D eigenvalue weighted by Crippen LogP contribution is -2.10. The summed E-state index contributed by atoms with van der Waals surface area (Å²) in [6, 6.07) is 3.73. The lowest BCUT2D eigenvalue weighted by atomic mass is 10.1. The third-order valence-corrected chi connectivity index (χ3v) is 2.15. The van der Waals surface area contributed by atoms with Crippen molar-refractivity contribution in [3.8, 4) is 5.75 Å². The van der Waals surface area contributed by atoms with E-state index in [1.165, 1.54) is 0 Å². The van der Waals surface area contributed by atoms with Crippen LogP contribution in [0.3, 0.4) is 0 Å². The summed E-state index contributed by atoms with van der Waals surface area (Å²) < 4.78 is 5.35. The van der Waals surface area contributed by atoms with Gasteiger partial charge in [-0.2, -0.15) is 0 Å². The van der Waals surface area contributed by atoms with Crippen LogP contribution in [-0.2, 0) is 0 Å². The Bertz CT molecular complexity index is 274. The number of rotatable bonds is 6. The first-order chi connectivity index (χ1) is 7.27. The summed E-state index contributed by atoms with van der Waals surface area (Å²) >= 11 is 0. The first-order valence-corrected chi connectivity index (χ1v) is 5.23. The summed E-state index contributed by atoms with van der Waals surface area (Å²) in [5, 5.41) is 8.58. The molecule has 0 spiro atoms. The normalized spacial score (nSPS) is 12.5. The van der Waals surface area contributed by atoms with Crippen LogP contribution in [0, 0.1) is 0 Å². The van der Waals surface area contributed by atoms with E-state index in [2.05, 4.69) is 4.98 Å². The monoisotopic (exact) mass is 210 g/mol. The van der Waals surface area contributed by atoms with Crippen LogP contribution in [0.1, 0.15) is 31.5 Å². The molecule has 0 bridgehead atoms. The molecule has 0 saturated heterocycles. The van der Waals surface area contributed by atoms with Gasteiger partial charge in [0.15, 0.2) is 0 Å². The van der Waals surface area contributed by atoms with E-state index in [1.54, 1.807) is 6.20 Å². The molecule has 0 unspecified atom stereocenters. The molecule has 1 aromatic rings. The van der Waals surface area contributed by atoms with E-state index in [-0.39, 0.29) is 12.6 Å². The molecule has 84 valence electrons. The molecule has 0 radical (unpaired) electrons. The predicted octanol–water partition coefficient (Wildman–Crippen LogP) is 1.25. The lowest BCUT2D eigenvalue weighted by Gasteiger charge is -2.09. The van der Waals surface area contributed by atoms with Crippen LogP contribution in [0.15, 0.2) is 18.3 Å². The molecular weight excluding hydrogens is 192 g/mol. The molecule has 4 heteroatoms. The topological polar surface area (TPSA) is 68.4 Å². The average molecular weight is 210 g/mol. The third kappa shape index (κ3) is 3.85. The Morgan fingerprint density at radius 2 is 2.33 bits per heavy atom. The molecule has 1 aromatic heterocycles. The maximum Gasteiger partial charge on any atom is 0.137 e. The predicted molar refractivity (Wildman–Crippen MR) is 58.7 cm³/mol. The van der Waals surface area contributed by atoms with Crippen LogP contribution in [0.25, 0.3) is 0 Å². The number of aromatic nitrogens is 1. The number of aliphatic hydroxyl groups excluding tert-OH is 1. The maximum absolute atomic E-state index is 8.58. The smallest absolute Gasteiger partial charge is 0.137 e. The van der Waals surface area contributed by atoms with E-state index in [1.807, 2.05) is 19.1 Å². The minimum atomic E-state index is -0.00325. The van der Waals surface area contributed by atoms with Gasteiger partial charge in [0, 0.05) is 19.1 Å². The fraction of sp³-hybridized carbons (Fsp3) is 0.545. The summed E-state index contributed by atoms with van der Waals surface area (Å²) in [6.07, 6.45) is 3.18. The fourth-order valence-corrected chi connectivity index (χ4v) is 1.16. The molecule has 0 aromatic carbocycles. The van der Waals surface area contributed by atoms with Crippen molar-refractivity contribution >= 4 is 0 Å². The van der Waals surface area contributed by atoms with Crippen molar-refractivity contribution in [3.05, 3.63) is 24.0 Å². The zero-order chi connectivity index (χ0) is 11.1. The van der Waals surface area contributed by atoms with Crippen molar-refractivity contribution in [2.75, 3.05) is 13.2 Å². The van der Waals surface area contributed by atoms with Gasteiger partial charge in [-0.05, 0) is 18.6 Å². The molecule has 1 atom stereocenters. The molecule has 4 nitrogen and oxygen atoms in total. The van der Waals surface area contributed by atoms with Gasteiger partial charge < -0.3 is 15.6 Å². The van der Waals surface area contributed by atoms with Crippen molar-refractivity contribution in [1.82, 2.24) is 4.98 Å². The zero-order valence-electron chi connectivity index (χ0n) is 9.02. The van der Waals surface area contributed by atoms with E-state index in [0.717, 1.165) is 17.9 Å². The Hall–Kier alpha value is -1.13. The highest BCUT2D eigenvalue weighted by Crippen LogP contribution is 2.14. The van der Waals surface area contributed by atoms with Crippen molar-refractivity contribution in [1.29, 1.82) is 0 Å². The number of hydrogen-bond acceptors (Lipinski definition) is 4. The number of ether oxygens (including phenoxy) is 1. The number of nitrogens with two attached hydrogens (primary N) is 1. The second kappa shape index (κ2) is 6.37. The Kier molecular flexibility index (Phi) is 5.07. The van der Waals surface area contributed by atoms with Gasteiger partial charge in [0.1, 0.15) is 5.75 Å². The van der Waals surface area contributed by atoms with Gasteiger partial charge in [-0.15, -0.1) is 0 Å². The third-order valence-electron chi connectivity index (χ3n) is 2.15. The van der Waals surface area contributed by atoms with Gasteiger partial charge in [0.05, 0.1) is 18.5 Å². The van der Waals surface area contributed by atoms with Gasteiger partial charge in [-0.1, -0.05) is 6.92 Å². The summed E-state index contributed by atoms with van der Waals surface area (Å²) in [6.45, 7) is 2.68. The molecular formula is C11H18N2O2. The molecule has 0 aliphatic carbocycles. The van der Waals surface area contributed by atoms with Crippen LogP contribution in [0.4, 0.5) is 0 Å². The Labute approximate surface area is 90.1 Å². The highest BCUT2D eigenvalue weighted by atomic mass is 16.5. The first-order valence-electron chi connectivity index (χ1n) is 5.23. The Morgan fingerprint density at radius 3 is 2.87 bits per heavy atom. The number of aliphatic hydroxyl groups is 1. The summed E-state index contributed by atoms with van der Waals surface area (Å²) in [4.78, 5) is 4.22. The van der Waals surface area contributed by atoms with Gasteiger partial charge in [-0.25, -0.2) is 0 Å². The van der Waals surface area contributed by atoms with Crippen molar-refractivity contribution in [2.24, 2.45) is 5.73 Å². The lowest BCUT2D eigenvalue weighted by molar-refractivity contribution is 0.233. The fourth-order valence-electron chi connectivity index (χ4n) is 1.16. The van der Waals surface area contributed by atoms with E-state index in [0.29, 0.717) is 13.0 Å². The van der Waals surface area contributed by atoms with Crippen molar-refractivity contribution in [3.63, 3.8) is 0 Å². The summed E-state index contributed by atoms with van der Waals surface area (Å²) in [5.41, 5.74) is 6.71. The van der Waals surface area contributed by atoms with Gasteiger partial charge in [0.2, 0.25) is 0 Å². The van der Waals surface area contributed by atoms with E-state index >= 15 is 0 Å². The van der Waals surface area contributed by atoms with Crippen LogP contribution < -0.4 is 10.5 Å². The van der Waals surface area contributed by atoms with Crippen LogP contribution in [0.2, 0.25) is 0 Å². The zero-order valence-corrected chi connectivity index (χ0v) is 9.02. The minimum Gasteiger partial charge on any atom is -0.492 e. The largest absolute Gasteiger partial charge is 0.492 e. The minimum absolute atomic E-state index is 0.00325. The number of nitrogens with zero attached hydrogens (tertiary/aromatic N) is 1. The molecule has 3 N–H and O–H groups in total. The van der Waals surface area contributed by atoms with Crippen LogP contribution in [-0.4, -0.2) is 23.3 Å². The summed E-state index contributed by atoms with van der Waals surface area (Å²) in [7, 11) is 0. The molecule has 1 heterocycles. The Morgan fingerprint density at radius 1 is 1.53 bits per heavy atom. The number of pyridine rings is 1. The maximum atomic E-state index is 8.58. The first kappa shape index (κ1) is 11.9. The number of hydrogen-bond donors (Lipinski definition) is 2. The van der Waals surface area contributed by atoms with Crippen molar-refractivity contribution in [2.45, 2.75) is 25.8 Å². The molecule has 0 saturated carbocycles. The Balaban J connectivity index is 2.49. The summed E-state index contributed by atoms with van der Waals surface area (Å²) in [5.74, 6) is 0.718. The van der Waals surface area contributed by atoms with Gasteiger partial charge in [-0.3, -0.25) is 4.98 Å². The highest BCUT2D eigenvalue weighted by molar-refractivity contribution is 5.21. The van der Waals surface area contributed by atoms with E-state index in [4.69, 9.17) is 15.6 Å². The second-order valence-electron chi connectivity index (χ2n) is 3.36. The van der Waals surface area contributed by atoms with Crippen LogP contribution >= 0.6 is 0 Å². The van der Waals surface area contributed by atoms with E-state index in [9.17, 15) is 0 Å². The molecule has 0 aliphatic heterocycles. The van der Waals surface area contributed by atoms with Crippen molar-refractivity contribution < 1.29 is 9.84 Å². The molecule has 0 amide bonds. The SMILES string of the molecule is CC[C@H](N)c1ccc(OCCCO)cn1. The standard InChI is InChI=1S/C11H18N2O2/c1-2-10(12)11-5-4-9(8-13-11)15-7-3-6-14/h4-5,8,10,14H,2-3,6-7,12H2,1H3/t10-/m0/s1. The molecule has 1 rings (SSSR count). The average Bonchev–Trinajstić information content (AvgIpc) is 2.29. The molecule has 0 fully saturated rings. The molecule has 0 aliphatic rings. The van der Waals surface area contributed by atoms with Crippen LogP contribution in [0.5, 0.6) is 5.75 Å².